The van der Waals surface area contributed by atoms with Gasteiger partial charge in [-0.2, -0.15) is 0 Å². The number of ether oxygens (including phenoxy) is 1. The molecule has 2 atom stereocenters. The van der Waals surface area contributed by atoms with E-state index in [2.05, 4.69) is 35.1 Å². The third-order valence-electron chi connectivity index (χ3n) is 3.45. The van der Waals surface area contributed by atoms with Crippen LogP contribution in [-0.4, -0.2) is 37.7 Å². The first-order chi connectivity index (χ1) is 9.52. The average Bonchev–Trinajstić information content (AvgIpc) is 2.38. The minimum atomic E-state index is 0.0756. The number of anilines is 1. The van der Waals surface area contributed by atoms with Gasteiger partial charge in [0.15, 0.2) is 0 Å². The topological polar surface area (TPSA) is 42.8 Å². The monoisotopic (exact) mass is 341 g/mol. The summed E-state index contributed by atoms with van der Waals surface area (Å²) in [4.78, 5) is 13.4. The van der Waals surface area contributed by atoms with Crippen LogP contribution in [0.3, 0.4) is 0 Å². The first-order valence-corrected chi connectivity index (χ1v) is 7.86. The third kappa shape index (κ3) is 4.89. The molecule has 20 heavy (non-hydrogen) atoms. The molecule has 0 aliphatic carbocycles. The summed E-state index contributed by atoms with van der Waals surface area (Å²) in [5, 5.41) is 2.93. The molecule has 0 bridgehead atoms. The second kappa shape index (κ2) is 7.20. The van der Waals surface area contributed by atoms with Crippen LogP contribution in [0.15, 0.2) is 28.7 Å². The van der Waals surface area contributed by atoms with Gasteiger partial charge in [-0.15, -0.1) is 0 Å². The van der Waals surface area contributed by atoms with Crippen LogP contribution in [-0.2, 0) is 9.53 Å². The van der Waals surface area contributed by atoms with Gasteiger partial charge in [0, 0.05) is 10.2 Å². The van der Waals surface area contributed by atoms with Crippen molar-refractivity contribution in [1.29, 1.82) is 0 Å². The SMILES string of the molecule is C[C@H]1C[NH+](CCC(=O)Nc2ccc(Br)cc2)C[C@H](C)O1. The molecule has 2 N–H and O–H groups in total. The van der Waals surface area contributed by atoms with E-state index in [9.17, 15) is 4.79 Å². The van der Waals surface area contributed by atoms with Crippen LogP contribution in [0.2, 0.25) is 0 Å². The summed E-state index contributed by atoms with van der Waals surface area (Å²) in [6.45, 7) is 7.02. The number of nitrogens with one attached hydrogen (secondary N) is 2. The molecule has 0 aromatic heterocycles. The Bertz CT molecular complexity index is 440. The van der Waals surface area contributed by atoms with Gasteiger partial charge < -0.3 is 15.0 Å². The maximum absolute atomic E-state index is 11.9. The molecule has 1 amide bonds. The lowest BCUT2D eigenvalue weighted by molar-refractivity contribution is -0.914. The lowest BCUT2D eigenvalue weighted by Gasteiger charge is -2.32. The van der Waals surface area contributed by atoms with Gasteiger partial charge in [-0.05, 0) is 38.1 Å². The predicted octanol–water partition coefficient (Wildman–Crippen LogP) is 1.47. The van der Waals surface area contributed by atoms with Crippen LogP contribution in [0, 0.1) is 0 Å². The molecule has 1 aliphatic rings. The molecule has 0 unspecified atom stereocenters. The Labute approximate surface area is 128 Å². The van der Waals surface area contributed by atoms with Crippen molar-refractivity contribution >= 4 is 27.5 Å². The zero-order valence-electron chi connectivity index (χ0n) is 12.0. The first kappa shape index (κ1) is 15.5. The number of quaternary nitrogens is 1. The van der Waals surface area contributed by atoms with E-state index in [1.165, 1.54) is 4.90 Å². The summed E-state index contributed by atoms with van der Waals surface area (Å²) in [6.07, 6.45) is 1.11. The number of benzene rings is 1. The molecule has 1 aromatic rings. The number of carbonyl (C=O) groups is 1. The van der Waals surface area contributed by atoms with Gasteiger partial charge in [0.1, 0.15) is 25.3 Å². The molecule has 1 aromatic carbocycles. The van der Waals surface area contributed by atoms with Crippen LogP contribution in [0.4, 0.5) is 5.69 Å². The number of morpholine rings is 1. The quantitative estimate of drug-likeness (QED) is 0.870. The number of halogens is 1. The molecule has 1 saturated heterocycles. The Morgan fingerprint density at radius 2 is 1.90 bits per heavy atom. The van der Waals surface area contributed by atoms with Crippen molar-refractivity contribution in [3.63, 3.8) is 0 Å². The lowest BCUT2D eigenvalue weighted by Crippen LogP contribution is -3.15. The molecule has 0 spiro atoms. The van der Waals surface area contributed by atoms with Gasteiger partial charge in [-0.3, -0.25) is 4.79 Å². The van der Waals surface area contributed by atoms with Crippen molar-refractivity contribution in [2.24, 2.45) is 0 Å². The highest BCUT2D eigenvalue weighted by molar-refractivity contribution is 9.10. The highest BCUT2D eigenvalue weighted by Gasteiger charge is 2.25. The minimum absolute atomic E-state index is 0.0756. The van der Waals surface area contributed by atoms with E-state index >= 15 is 0 Å². The standard InChI is InChI=1S/C15H21BrN2O2/c1-11-9-18(10-12(2)20-11)8-7-15(19)17-14-5-3-13(16)4-6-14/h3-6,11-12H,7-10H2,1-2H3,(H,17,19)/p+1/t11-,12-/m0/s1. The lowest BCUT2D eigenvalue weighted by atomic mass is 10.2. The fourth-order valence-electron chi connectivity index (χ4n) is 2.64. The van der Waals surface area contributed by atoms with Crippen LogP contribution in [0.1, 0.15) is 20.3 Å². The average molecular weight is 342 g/mol. The molecule has 2 rings (SSSR count). The Morgan fingerprint density at radius 3 is 2.50 bits per heavy atom. The number of amides is 1. The molecule has 110 valence electrons. The van der Waals surface area contributed by atoms with Crippen LogP contribution in [0.25, 0.3) is 0 Å². The van der Waals surface area contributed by atoms with Gasteiger partial charge in [0.2, 0.25) is 5.91 Å². The molecule has 0 radical (unpaired) electrons. The molecule has 1 aliphatic heterocycles. The smallest absolute Gasteiger partial charge is 0.230 e. The van der Waals surface area contributed by atoms with Crippen molar-refractivity contribution in [2.45, 2.75) is 32.5 Å². The second-order valence-corrected chi connectivity index (χ2v) is 6.39. The highest BCUT2D eigenvalue weighted by Crippen LogP contribution is 2.14. The Balaban J connectivity index is 1.76. The number of rotatable bonds is 4. The van der Waals surface area contributed by atoms with Gasteiger partial charge >= 0.3 is 0 Å². The van der Waals surface area contributed by atoms with Crippen molar-refractivity contribution in [3.05, 3.63) is 28.7 Å². The number of hydrogen-bond acceptors (Lipinski definition) is 2. The Kier molecular flexibility index (Phi) is 5.57. The zero-order valence-corrected chi connectivity index (χ0v) is 13.6. The van der Waals surface area contributed by atoms with Gasteiger partial charge in [0.05, 0.1) is 13.0 Å². The van der Waals surface area contributed by atoms with E-state index in [4.69, 9.17) is 4.74 Å². The Morgan fingerprint density at radius 1 is 1.30 bits per heavy atom. The van der Waals surface area contributed by atoms with Crippen molar-refractivity contribution < 1.29 is 14.4 Å². The van der Waals surface area contributed by atoms with E-state index in [1.54, 1.807) is 0 Å². The van der Waals surface area contributed by atoms with Gasteiger partial charge in [0.25, 0.3) is 0 Å². The van der Waals surface area contributed by atoms with E-state index in [-0.39, 0.29) is 18.1 Å². The van der Waals surface area contributed by atoms with Crippen molar-refractivity contribution in [1.82, 2.24) is 0 Å². The van der Waals surface area contributed by atoms with Crippen LogP contribution in [0.5, 0.6) is 0 Å². The fourth-order valence-corrected chi connectivity index (χ4v) is 2.90. The molecular weight excluding hydrogens is 320 g/mol. The predicted molar refractivity (Wildman–Crippen MR) is 83.0 cm³/mol. The first-order valence-electron chi connectivity index (χ1n) is 7.07. The number of hydrogen-bond donors (Lipinski definition) is 2. The summed E-state index contributed by atoms with van der Waals surface area (Å²) in [7, 11) is 0. The highest BCUT2D eigenvalue weighted by atomic mass is 79.9. The summed E-state index contributed by atoms with van der Waals surface area (Å²) < 4.78 is 6.71. The fraction of sp³-hybridized carbons (Fsp3) is 0.533. The third-order valence-corrected chi connectivity index (χ3v) is 3.98. The van der Waals surface area contributed by atoms with E-state index in [0.29, 0.717) is 6.42 Å². The summed E-state index contributed by atoms with van der Waals surface area (Å²) in [6, 6.07) is 7.64. The largest absolute Gasteiger partial charge is 0.364 e. The van der Waals surface area contributed by atoms with E-state index in [0.717, 1.165) is 29.8 Å². The molecule has 1 fully saturated rings. The minimum Gasteiger partial charge on any atom is -0.364 e. The normalized spacial score (nSPS) is 26.2. The van der Waals surface area contributed by atoms with Crippen LogP contribution >= 0.6 is 15.9 Å². The number of carbonyl (C=O) groups excluding carboxylic acids is 1. The van der Waals surface area contributed by atoms with E-state index < -0.39 is 0 Å². The zero-order chi connectivity index (χ0) is 14.5. The molecule has 1 heterocycles. The van der Waals surface area contributed by atoms with Crippen molar-refractivity contribution in [3.8, 4) is 0 Å². The van der Waals surface area contributed by atoms with Crippen molar-refractivity contribution in [2.75, 3.05) is 25.0 Å². The van der Waals surface area contributed by atoms with Gasteiger partial charge in [-0.1, -0.05) is 15.9 Å². The molecular formula is C15H22BrN2O2+. The molecule has 5 heteroatoms. The summed E-state index contributed by atoms with van der Waals surface area (Å²) in [5.74, 6) is 0.0756. The van der Waals surface area contributed by atoms with Crippen LogP contribution < -0.4 is 10.2 Å². The Hall–Kier alpha value is -0.910. The maximum atomic E-state index is 11.9. The second-order valence-electron chi connectivity index (χ2n) is 5.47. The molecule has 4 nitrogen and oxygen atoms in total. The summed E-state index contributed by atoms with van der Waals surface area (Å²) >= 11 is 3.38. The molecule has 0 saturated carbocycles. The maximum Gasteiger partial charge on any atom is 0.230 e. The van der Waals surface area contributed by atoms with E-state index in [1.807, 2.05) is 24.3 Å². The van der Waals surface area contributed by atoms with Gasteiger partial charge in [-0.25, -0.2) is 0 Å². The summed E-state index contributed by atoms with van der Waals surface area (Å²) in [5.41, 5.74) is 0.844.